The van der Waals surface area contributed by atoms with Crippen molar-refractivity contribution in [1.82, 2.24) is 0 Å². The van der Waals surface area contributed by atoms with E-state index in [-0.39, 0.29) is 12.5 Å². The fraction of sp³-hybridized carbons (Fsp3) is 0.333. The summed E-state index contributed by atoms with van der Waals surface area (Å²) in [6, 6.07) is 18.9. The van der Waals surface area contributed by atoms with Crippen molar-refractivity contribution < 1.29 is 4.79 Å². The van der Waals surface area contributed by atoms with Crippen LogP contribution in [0.5, 0.6) is 0 Å². The number of nitrogens with one attached hydrogen (secondary N) is 1. The molecule has 3 aromatic rings. The molecule has 5 heteroatoms. The standard InChI is InChI=1S/C27H29ClN2OS/c1-3-4-7-19-12-14-20(15-13-19)11-10-18(2)24-16-22-26(21-8-5-6-9-23(21)28)29-17-25(31)30-27(22)32-24/h5-6,8-9,12-16,18H,3-4,7,10-11,17H2,1-2H3,(H,30,31). The number of halogens is 1. The van der Waals surface area contributed by atoms with Crippen LogP contribution in [0.15, 0.2) is 59.6 Å². The minimum atomic E-state index is -0.0856. The van der Waals surface area contributed by atoms with Crippen molar-refractivity contribution in [3.8, 4) is 0 Å². The molecule has 0 fully saturated rings. The average molecular weight is 465 g/mol. The summed E-state index contributed by atoms with van der Waals surface area (Å²) < 4.78 is 0. The second kappa shape index (κ2) is 10.5. The Morgan fingerprint density at radius 3 is 2.50 bits per heavy atom. The zero-order chi connectivity index (χ0) is 22.5. The quantitative estimate of drug-likeness (QED) is 0.374. The van der Waals surface area contributed by atoms with Crippen LogP contribution in [0.1, 0.15) is 66.2 Å². The van der Waals surface area contributed by atoms with Crippen molar-refractivity contribution in [2.45, 2.75) is 51.9 Å². The molecule has 32 heavy (non-hydrogen) atoms. The Kier molecular flexibility index (Phi) is 7.44. The lowest BCUT2D eigenvalue weighted by Crippen LogP contribution is -2.12. The monoisotopic (exact) mass is 464 g/mol. The van der Waals surface area contributed by atoms with E-state index in [9.17, 15) is 4.79 Å². The first-order chi connectivity index (χ1) is 15.5. The maximum Gasteiger partial charge on any atom is 0.246 e. The minimum Gasteiger partial charge on any atom is -0.316 e. The molecule has 0 bridgehead atoms. The maximum atomic E-state index is 12.2. The summed E-state index contributed by atoms with van der Waals surface area (Å²) in [5, 5.41) is 4.55. The van der Waals surface area contributed by atoms with Crippen molar-refractivity contribution in [2.75, 3.05) is 11.9 Å². The molecule has 2 aromatic carbocycles. The van der Waals surface area contributed by atoms with E-state index >= 15 is 0 Å². The zero-order valence-electron chi connectivity index (χ0n) is 18.7. The molecule has 4 rings (SSSR count). The number of carbonyl (C=O) groups excluding carboxylic acids is 1. The number of benzene rings is 2. The molecule has 0 saturated heterocycles. The van der Waals surface area contributed by atoms with Gasteiger partial charge in [0, 0.05) is 21.0 Å². The Balaban J connectivity index is 1.51. The normalized spacial score (nSPS) is 14.3. The maximum absolute atomic E-state index is 12.2. The number of rotatable bonds is 8. The number of fused-ring (bicyclic) bond motifs is 1. The number of carbonyl (C=O) groups is 1. The van der Waals surface area contributed by atoms with Crippen molar-refractivity contribution in [2.24, 2.45) is 4.99 Å². The van der Waals surface area contributed by atoms with Gasteiger partial charge in [-0.05, 0) is 54.9 Å². The van der Waals surface area contributed by atoms with Crippen molar-refractivity contribution >= 4 is 39.6 Å². The van der Waals surface area contributed by atoms with E-state index in [2.05, 4.69) is 54.5 Å². The Labute approximate surface area is 199 Å². The molecule has 0 radical (unpaired) electrons. The van der Waals surface area contributed by atoms with Gasteiger partial charge in [0.2, 0.25) is 5.91 Å². The minimum absolute atomic E-state index is 0.0856. The Bertz CT molecular complexity index is 1120. The van der Waals surface area contributed by atoms with E-state index in [4.69, 9.17) is 11.6 Å². The number of aliphatic imine (C=N–C) groups is 1. The van der Waals surface area contributed by atoms with E-state index in [0.29, 0.717) is 10.9 Å². The molecule has 2 heterocycles. The Hall–Kier alpha value is -2.43. The third-order valence-corrected chi connectivity index (χ3v) is 7.57. The highest BCUT2D eigenvalue weighted by molar-refractivity contribution is 7.16. The summed E-state index contributed by atoms with van der Waals surface area (Å²) in [7, 11) is 0. The molecule has 1 aliphatic rings. The number of hydrogen-bond acceptors (Lipinski definition) is 3. The first kappa shape index (κ1) is 22.8. The molecular weight excluding hydrogens is 436 g/mol. The fourth-order valence-corrected chi connectivity index (χ4v) is 5.37. The average Bonchev–Trinajstić information content (AvgIpc) is 3.14. The molecule has 1 unspecified atom stereocenters. The second-order valence-electron chi connectivity index (χ2n) is 8.44. The third kappa shape index (κ3) is 5.31. The van der Waals surface area contributed by atoms with E-state index in [1.54, 1.807) is 11.3 Å². The van der Waals surface area contributed by atoms with E-state index in [0.717, 1.165) is 41.1 Å². The number of hydrogen-bond donors (Lipinski definition) is 1. The highest BCUT2D eigenvalue weighted by atomic mass is 35.5. The molecular formula is C27H29ClN2OS. The van der Waals surface area contributed by atoms with Crippen molar-refractivity contribution in [3.63, 3.8) is 0 Å². The molecule has 1 amide bonds. The van der Waals surface area contributed by atoms with Gasteiger partial charge >= 0.3 is 0 Å². The molecule has 1 aromatic heterocycles. The SMILES string of the molecule is CCCCc1ccc(CCC(C)c2cc3c(s2)NC(=O)CN=C3c2ccccc2Cl)cc1. The highest BCUT2D eigenvalue weighted by Crippen LogP contribution is 2.38. The summed E-state index contributed by atoms with van der Waals surface area (Å²) in [5.41, 5.74) is 5.43. The predicted octanol–water partition coefficient (Wildman–Crippen LogP) is 7.27. The zero-order valence-corrected chi connectivity index (χ0v) is 20.2. The molecule has 1 atom stereocenters. The number of aryl methyl sites for hydroxylation is 2. The summed E-state index contributed by atoms with van der Waals surface area (Å²) in [4.78, 5) is 18.1. The van der Waals surface area contributed by atoms with Gasteiger partial charge in [0.1, 0.15) is 11.5 Å². The topological polar surface area (TPSA) is 41.5 Å². The largest absolute Gasteiger partial charge is 0.316 e. The van der Waals surface area contributed by atoms with Gasteiger partial charge in [-0.15, -0.1) is 11.3 Å². The highest BCUT2D eigenvalue weighted by Gasteiger charge is 2.24. The van der Waals surface area contributed by atoms with Crippen molar-refractivity contribution in [3.05, 3.63) is 86.8 Å². The molecule has 166 valence electrons. The summed E-state index contributed by atoms with van der Waals surface area (Å²) in [5.74, 6) is 0.300. The molecule has 1 aliphatic heterocycles. The van der Waals surface area contributed by atoms with Crippen LogP contribution < -0.4 is 5.32 Å². The lowest BCUT2D eigenvalue weighted by Gasteiger charge is -2.10. The van der Waals surface area contributed by atoms with Crippen LogP contribution in [-0.4, -0.2) is 18.2 Å². The number of amides is 1. The molecule has 0 saturated carbocycles. The van der Waals surface area contributed by atoms with Crippen LogP contribution in [0.4, 0.5) is 5.00 Å². The van der Waals surface area contributed by atoms with Gasteiger partial charge in [-0.2, -0.15) is 0 Å². The van der Waals surface area contributed by atoms with Crippen LogP contribution in [0.3, 0.4) is 0 Å². The van der Waals surface area contributed by atoms with Crippen LogP contribution in [0.2, 0.25) is 5.02 Å². The first-order valence-corrected chi connectivity index (χ1v) is 12.6. The van der Waals surface area contributed by atoms with Gasteiger partial charge < -0.3 is 5.32 Å². The lowest BCUT2D eigenvalue weighted by atomic mass is 9.97. The molecule has 1 N–H and O–H groups in total. The van der Waals surface area contributed by atoms with Gasteiger partial charge in [-0.1, -0.05) is 74.3 Å². The Morgan fingerprint density at radius 1 is 1.06 bits per heavy atom. The lowest BCUT2D eigenvalue weighted by molar-refractivity contribution is -0.114. The summed E-state index contributed by atoms with van der Waals surface area (Å²) in [6.45, 7) is 4.60. The van der Waals surface area contributed by atoms with Crippen LogP contribution in [0.25, 0.3) is 0 Å². The van der Waals surface area contributed by atoms with Gasteiger partial charge in [-0.25, -0.2) is 0 Å². The van der Waals surface area contributed by atoms with Crippen LogP contribution in [-0.2, 0) is 17.6 Å². The molecule has 3 nitrogen and oxygen atoms in total. The number of unbranched alkanes of at least 4 members (excludes halogenated alkanes) is 1. The smallest absolute Gasteiger partial charge is 0.246 e. The molecule has 0 spiro atoms. The third-order valence-electron chi connectivity index (χ3n) is 5.96. The van der Waals surface area contributed by atoms with E-state index in [1.807, 2.05) is 24.3 Å². The summed E-state index contributed by atoms with van der Waals surface area (Å²) in [6.07, 6.45) is 5.73. The predicted molar refractivity (Wildman–Crippen MR) is 137 cm³/mol. The van der Waals surface area contributed by atoms with Crippen LogP contribution in [0, 0.1) is 0 Å². The van der Waals surface area contributed by atoms with Crippen molar-refractivity contribution in [1.29, 1.82) is 0 Å². The van der Waals surface area contributed by atoms with E-state index in [1.165, 1.54) is 28.8 Å². The molecule has 0 aliphatic carbocycles. The Morgan fingerprint density at radius 2 is 1.78 bits per heavy atom. The number of thiophene rings is 1. The second-order valence-corrected chi connectivity index (χ2v) is 9.94. The van der Waals surface area contributed by atoms with Gasteiger partial charge in [-0.3, -0.25) is 9.79 Å². The van der Waals surface area contributed by atoms with Gasteiger partial charge in [0.25, 0.3) is 0 Å². The fourth-order valence-electron chi connectivity index (χ4n) is 3.99. The van der Waals surface area contributed by atoms with Gasteiger partial charge in [0.05, 0.1) is 5.71 Å². The summed E-state index contributed by atoms with van der Waals surface area (Å²) >= 11 is 8.11. The van der Waals surface area contributed by atoms with E-state index < -0.39 is 0 Å². The first-order valence-electron chi connectivity index (χ1n) is 11.4. The van der Waals surface area contributed by atoms with Gasteiger partial charge in [0.15, 0.2) is 0 Å². The number of anilines is 1. The van der Waals surface area contributed by atoms with Crippen LogP contribution >= 0.6 is 22.9 Å². The number of nitrogens with zero attached hydrogens (tertiary/aromatic N) is 1.